The summed E-state index contributed by atoms with van der Waals surface area (Å²) in [5.41, 5.74) is 7.23. The zero-order valence-electron chi connectivity index (χ0n) is 22.0. The van der Waals surface area contributed by atoms with Crippen molar-refractivity contribution < 1.29 is 0 Å². The predicted molar refractivity (Wildman–Crippen MR) is 151 cm³/mol. The van der Waals surface area contributed by atoms with Crippen LogP contribution < -0.4 is 21.1 Å². The first-order chi connectivity index (χ1) is 18.3. The van der Waals surface area contributed by atoms with Gasteiger partial charge in [-0.15, -0.1) is 0 Å². The normalized spacial score (nSPS) is 12.5. The minimum absolute atomic E-state index is 0.212. The van der Waals surface area contributed by atoms with Gasteiger partial charge in [0.15, 0.2) is 0 Å². The highest BCUT2D eigenvalue weighted by Crippen LogP contribution is 2.44. The number of aryl methyl sites for hydroxylation is 2. The van der Waals surface area contributed by atoms with E-state index >= 15 is 0 Å². The van der Waals surface area contributed by atoms with Crippen LogP contribution in [0, 0.1) is 13.8 Å². The molecule has 10 nitrogen and oxygen atoms in total. The number of nitrogens with one attached hydrogen (secondary N) is 3. The molecule has 38 heavy (non-hydrogen) atoms. The Morgan fingerprint density at radius 3 is 2.58 bits per heavy atom. The molecule has 1 aromatic carbocycles. The zero-order valence-corrected chi connectivity index (χ0v) is 22.0. The lowest BCUT2D eigenvalue weighted by Gasteiger charge is -2.31. The second-order valence-electron chi connectivity index (χ2n) is 9.91. The molecule has 1 aliphatic heterocycles. The van der Waals surface area contributed by atoms with E-state index in [-0.39, 0.29) is 11.6 Å². The molecule has 4 aromatic heterocycles. The summed E-state index contributed by atoms with van der Waals surface area (Å²) in [5, 5.41) is 12.0. The molecular formula is C28H29N9O. The summed E-state index contributed by atoms with van der Waals surface area (Å²) in [6, 6.07) is 11.9. The summed E-state index contributed by atoms with van der Waals surface area (Å²) in [6.45, 7) is 8.79. The number of rotatable bonds is 5. The lowest BCUT2D eigenvalue weighted by molar-refractivity contribution is 0.507. The molecule has 0 aliphatic carbocycles. The Bertz CT molecular complexity index is 1730. The molecule has 0 unspecified atom stereocenters. The van der Waals surface area contributed by atoms with Crippen LogP contribution in [0.2, 0.25) is 0 Å². The molecule has 0 saturated carbocycles. The number of hydrogen-bond acceptors (Lipinski definition) is 8. The number of benzene rings is 1. The smallest absolute Gasteiger partial charge is 0.259 e. The monoisotopic (exact) mass is 507 g/mol. The Balaban J connectivity index is 1.46. The van der Waals surface area contributed by atoms with Gasteiger partial charge in [0.2, 0.25) is 0 Å². The third-order valence-corrected chi connectivity index (χ3v) is 6.70. The van der Waals surface area contributed by atoms with Crippen molar-refractivity contribution in [3.05, 3.63) is 76.4 Å². The Morgan fingerprint density at radius 1 is 0.974 bits per heavy atom. The summed E-state index contributed by atoms with van der Waals surface area (Å²) >= 11 is 0. The van der Waals surface area contributed by atoms with Gasteiger partial charge in [-0.25, -0.2) is 15.0 Å². The molecular weight excluding hydrogens is 478 g/mol. The molecule has 5 heterocycles. The van der Waals surface area contributed by atoms with Gasteiger partial charge < -0.3 is 20.5 Å². The van der Waals surface area contributed by atoms with E-state index in [9.17, 15) is 4.79 Å². The van der Waals surface area contributed by atoms with Gasteiger partial charge in [0, 0.05) is 48.2 Å². The van der Waals surface area contributed by atoms with E-state index in [1.165, 1.54) is 5.69 Å². The van der Waals surface area contributed by atoms with Crippen molar-refractivity contribution in [3.8, 4) is 11.1 Å². The Labute approximate surface area is 219 Å². The summed E-state index contributed by atoms with van der Waals surface area (Å²) in [4.78, 5) is 31.5. The quantitative estimate of drug-likeness (QED) is 0.297. The standard InChI is InChI=1S/C28H29N9O/c1-15(2)37-23-14-36(5)27-18(19(23)13-30-37)7-6-8-21(27)33-22-12-25(34-20-9-10-29-28(38)26(20)22)35-24-11-16(3)31-17(4)32-24/h6-13,15H,14H2,1-5H3,(H,29,38)(H2,31,32,33,34,35). The van der Waals surface area contributed by atoms with Gasteiger partial charge >= 0.3 is 0 Å². The lowest BCUT2D eigenvalue weighted by Crippen LogP contribution is -2.25. The molecule has 0 bridgehead atoms. The number of anilines is 5. The fourth-order valence-electron chi connectivity index (χ4n) is 5.20. The van der Waals surface area contributed by atoms with Crippen LogP contribution in [-0.4, -0.2) is 36.8 Å². The van der Waals surface area contributed by atoms with E-state index < -0.39 is 0 Å². The first-order valence-electron chi connectivity index (χ1n) is 12.6. The highest BCUT2D eigenvalue weighted by Gasteiger charge is 2.27. The maximum atomic E-state index is 12.9. The molecule has 192 valence electrons. The molecule has 0 radical (unpaired) electrons. The largest absolute Gasteiger partial charge is 0.366 e. The molecule has 0 saturated heterocycles. The van der Waals surface area contributed by atoms with Gasteiger partial charge in [-0.1, -0.05) is 12.1 Å². The van der Waals surface area contributed by atoms with Crippen LogP contribution in [0.25, 0.3) is 22.0 Å². The van der Waals surface area contributed by atoms with Crippen molar-refractivity contribution in [2.45, 2.75) is 40.3 Å². The highest BCUT2D eigenvalue weighted by atomic mass is 16.1. The fraction of sp³-hybridized carbons (Fsp3) is 0.250. The Morgan fingerprint density at radius 2 is 1.79 bits per heavy atom. The van der Waals surface area contributed by atoms with Crippen LogP contribution in [0.1, 0.15) is 37.1 Å². The maximum absolute atomic E-state index is 12.9. The molecule has 10 heteroatoms. The molecule has 3 N–H and O–H groups in total. The highest BCUT2D eigenvalue weighted by molar-refractivity contribution is 5.98. The van der Waals surface area contributed by atoms with Gasteiger partial charge in [0.1, 0.15) is 17.5 Å². The summed E-state index contributed by atoms with van der Waals surface area (Å²) in [7, 11) is 2.08. The van der Waals surface area contributed by atoms with Crippen molar-refractivity contribution in [1.29, 1.82) is 0 Å². The van der Waals surface area contributed by atoms with Crippen LogP contribution in [0.4, 0.5) is 28.7 Å². The van der Waals surface area contributed by atoms with Gasteiger partial charge in [-0.2, -0.15) is 5.10 Å². The third-order valence-electron chi connectivity index (χ3n) is 6.70. The summed E-state index contributed by atoms with van der Waals surface area (Å²) in [5.74, 6) is 1.88. The third kappa shape index (κ3) is 4.03. The molecule has 0 fully saturated rings. The van der Waals surface area contributed by atoms with Gasteiger partial charge in [0.05, 0.1) is 46.4 Å². The average Bonchev–Trinajstić information content (AvgIpc) is 3.28. The van der Waals surface area contributed by atoms with Gasteiger partial charge in [-0.3, -0.25) is 9.48 Å². The number of H-pyrrole nitrogens is 1. The Kier molecular flexibility index (Phi) is 5.59. The van der Waals surface area contributed by atoms with Crippen molar-refractivity contribution >= 4 is 39.6 Å². The molecule has 1 aliphatic rings. The second kappa shape index (κ2) is 8.98. The fourth-order valence-corrected chi connectivity index (χ4v) is 5.20. The van der Waals surface area contributed by atoms with E-state index in [1.54, 1.807) is 12.3 Å². The minimum Gasteiger partial charge on any atom is -0.366 e. The SMILES string of the molecule is Cc1cc(Nc2cc(Nc3cccc4c3N(C)Cc3c-4cnn3C(C)C)c3c(=O)[nH]ccc3n2)nc(C)n1. The number of fused-ring (bicyclic) bond motifs is 4. The molecule has 0 amide bonds. The van der Waals surface area contributed by atoms with Crippen LogP contribution in [0.5, 0.6) is 0 Å². The molecule has 6 rings (SSSR count). The van der Waals surface area contributed by atoms with Crippen LogP contribution in [0.3, 0.4) is 0 Å². The van der Waals surface area contributed by atoms with E-state index in [0.29, 0.717) is 34.1 Å². The van der Waals surface area contributed by atoms with Crippen LogP contribution in [-0.2, 0) is 6.54 Å². The van der Waals surface area contributed by atoms with E-state index in [0.717, 1.165) is 34.7 Å². The first-order valence-corrected chi connectivity index (χ1v) is 12.6. The summed E-state index contributed by atoms with van der Waals surface area (Å²) in [6.07, 6.45) is 3.56. The number of para-hydroxylation sites is 1. The maximum Gasteiger partial charge on any atom is 0.259 e. The van der Waals surface area contributed by atoms with Crippen molar-refractivity contribution in [2.75, 3.05) is 22.6 Å². The predicted octanol–water partition coefficient (Wildman–Crippen LogP) is 5.21. The number of hydrogen-bond donors (Lipinski definition) is 3. The molecule has 0 spiro atoms. The van der Waals surface area contributed by atoms with Gasteiger partial charge in [0.25, 0.3) is 5.56 Å². The van der Waals surface area contributed by atoms with Crippen molar-refractivity contribution in [3.63, 3.8) is 0 Å². The Hall–Kier alpha value is -4.73. The van der Waals surface area contributed by atoms with E-state index in [2.05, 4.69) is 67.2 Å². The number of nitrogens with zero attached hydrogens (tertiary/aromatic N) is 6. The number of aromatic nitrogens is 6. The van der Waals surface area contributed by atoms with Crippen molar-refractivity contribution in [2.24, 2.45) is 0 Å². The van der Waals surface area contributed by atoms with Crippen LogP contribution in [0.15, 0.2) is 53.6 Å². The van der Waals surface area contributed by atoms with Crippen LogP contribution >= 0.6 is 0 Å². The van der Waals surface area contributed by atoms with E-state index in [4.69, 9.17) is 4.98 Å². The second-order valence-corrected chi connectivity index (χ2v) is 9.91. The number of aromatic amines is 1. The van der Waals surface area contributed by atoms with Gasteiger partial charge in [-0.05, 0) is 39.8 Å². The summed E-state index contributed by atoms with van der Waals surface area (Å²) < 4.78 is 2.08. The number of pyridine rings is 2. The zero-order chi connectivity index (χ0) is 26.6. The molecule has 0 atom stereocenters. The molecule has 5 aromatic rings. The van der Waals surface area contributed by atoms with E-state index in [1.807, 2.05) is 44.3 Å². The topological polar surface area (TPSA) is 117 Å². The minimum atomic E-state index is -0.212. The first kappa shape index (κ1) is 23.7. The average molecular weight is 508 g/mol. The lowest BCUT2D eigenvalue weighted by atomic mass is 9.97. The van der Waals surface area contributed by atoms with Crippen molar-refractivity contribution in [1.82, 2.24) is 29.7 Å².